The number of imide groups is 1. The Morgan fingerprint density at radius 1 is 1.13 bits per heavy atom. The van der Waals surface area contributed by atoms with E-state index in [4.69, 9.17) is 4.74 Å². The number of amides is 3. The number of rotatable bonds is 4. The van der Waals surface area contributed by atoms with Crippen molar-refractivity contribution in [2.24, 2.45) is 0 Å². The molecule has 0 saturated heterocycles. The number of esters is 1. The number of hydrogen-bond acceptors (Lipinski definition) is 4. The molecule has 0 spiro atoms. The van der Waals surface area contributed by atoms with Crippen molar-refractivity contribution in [1.29, 1.82) is 0 Å². The van der Waals surface area contributed by atoms with E-state index in [1.54, 1.807) is 19.9 Å². The molecule has 0 saturated carbocycles. The lowest BCUT2D eigenvalue weighted by Gasteiger charge is -2.13. The van der Waals surface area contributed by atoms with Crippen LogP contribution in [0.15, 0.2) is 30.3 Å². The van der Waals surface area contributed by atoms with Crippen molar-refractivity contribution in [1.82, 2.24) is 15.6 Å². The number of H-pyrrole nitrogens is 1. The Hall–Kier alpha value is -2.83. The van der Waals surface area contributed by atoms with Crippen molar-refractivity contribution >= 4 is 28.8 Å². The Morgan fingerprint density at radius 3 is 2.48 bits per heavy atom. The van der Waals surface area contributed by atoms with Crippen molar-refractivity contribution < 1.29 is 19.1 Å². The van der Waals surface area contributed by atoms with Gasteiger partial charge < -0.3 is 15.0 Å². The third-order valence-corrected chi connectivity index (χ3v) is 3.06. The molecule has 1 atom stereocenters. The number of urea groups is 1. The first-order valence-electron chi connectivity index (χ1n) is 7.27. The standard InChI is InChI=1S/C16H19N3O4/c1-9(2)17-16(22)19-14(20)10(3)23-15(21)13-8-11-6-4-5-7-12(11)18-13/h4-10,18H,1-3H3,(H2,17,19,20,22)/t10-/m0/s1. The summed E-state index contributed by atoms with van der Waals surface area (Å²) >= 11 is 0. The van der Waals surface area contributed by atoms with Crippen molar-refractivity contribution in [3.8, 4) is 0 Å². The predicted molar refractivity (Wildman–Crippen MR) is 85.0 cm³/mol. The van der Waals surface area contributed by atoms with Crippen LogP contribution in [-0.4, -0.2) is 35.0 Å². The molecule has 0 radical (unpaired) electrons. The lowest BCUT2D eigenvalue weighted by molar-refractivity contribution is -0.127. The van der Waals surface area contributed by atoms with Gasteiger partial charge in [0.05, 0.1) is 0 Å². The molecular weight excluding hydrogens is 298 g/mol. The molecule has 2 rings (SSSR count). The normalized spacial score (nSPS) is 12.0. The number of benzene rings is 1. The van der Waals surface area contributed by atoms with Crippen LogP contribution in [0, 0.1) is 0 Å². The number of aromatic amines is 1. The topological polar surface area (TPSA) is 100 Å². The fourth-order valence-electron chi connectivity index (χ4n) is 1.97. The van der Waals surface area contributed by atoms with Crippen molar-refractivity contribution in [3.05, 3.63) is 36.0 Å². The van der Waals surface area contributed by atoms with Gasteiger partial charge in [-0.15, -0.1) is 0 Å². The zero-order valence-corrected chi connectivity index (χ0v) is 13.2. The number of para-hydroxylation sites is 1. The highest BCUT2D eigenvalue weighted by atomic mass is 16.5. The van der Waals surface area contributed by atoms with Gasteiger partial charge in [-0.3, -0.25) is 10.1 Å². The van der Waals surface area contributed by atoms with Gasteiger partial charge in [0.15, 0.2) is 6.10 Å². The highest BCUT2D eigenvalue weighted by Gasteiger charge is 2.21. The van der Waals surface area contributed by atoms with Crippen LogP contribution in [0.3, 0.4) is 0 Å². The third kappa shape index (κ3) is 4.32. The molecule has 0 aliphatic heterocycles. The minimum Gasteiger partial charge on any atom is -0.448 e. The van der Waals surface area contributed by atoms with Gasteiger partial charge in [0, 0.05) is 16.9 Å². The SMILES string of the molecule is CC(C)NC(=O)NC(=O)[C@H](C)OC(=O)c1cc2ccccc2[nH]1. The van der Waals surface area contributed by atoms with Gasteiger partial charge in [0.2, 0.25) is 0 Å². The molecule has 122 valence electrons. The van der Waals surface area contributed by atoms with E-state index >= 15 is 0 Å². The smallest absolute Gasteiger partial charge is 0.355 e. The van der Waals surface area contributed by atoms with E-state index in [9.17, 15) is 14.4 Å². The average molecular weight is 317 g/mol. The molecule has 0 unspecified atom stereocenters. The summed E-state index contributed by atoms with van der Waals surface area (Å²) in [6.45, 7) is 4.94. The maximum absolute atomic E-state index is 12.1. The molecule has 0 fully saturated rings. The molecule has 3 amide bonds. The quantitative estimate of drug-likeness (QED) is 0.750. The molecule has 2 aromatic rings. The largest absolute Gasteiger partial charge is 0.448 e. The molecular formula is C16H19N3O4. The Bertz CT molecular complexity index is 703. The molecule has 3 N–H and O–H groups in total. The van der Waals surface area contributed by atoms with Crippen molar-refractivity contribution in [3.63, 3.8) is 0 Å². The van der Waals surface area contributed by atoms with E-state index in [0.717, 1.165) is 10.9 Å². The number of nitrogens with one attached hydrogen (secondary N) is 3. The van der Waals surface area contributed by atoms with Gasteiger partial charge in [-0.05, 0) is 32.9 Å². The summed E-state index contributed by atoms with van der Waals surface area (Å²) in [6.07, 6.45) is -1.09. The van der Waals surface area contributed by atoms with E-state index in [2.05, 4.69) is 15.6 Å². The maximum Gasteiger partial charge on any atom is 0.355 e. The van der Waals surface area contributed by atoms with Gasteiger partial charge >= 0.3 is 12.0 Å². The summed E-state index contributed by atoms with van der Waals surface area (Å²) in [5.74, 6) is -1.35. The second-order valence-corrected chi connectivity index (χ2v) is 5.44. The van der Waals surface area contributed by atoms with Crippen LogP contribution in [0.25, 0.3) is 10.9 Å². The fourth-order valence-corrected chi connectivity index (χ4v) is 1.97. The van der Waals surface area contributed by atoms with Gasteiger partial charge in [-0.2, -0.15) is 0 Å². The van der Waals surface area contributed by atoms with Crippen LogP contribution in [0.4, 0.5) is 4.79 Å². The fraction of sp³-hybridized carbons (Fsp3) is 0.312. The highest BCUT2D eigenvalue weighted by molar-refractivity contribution is 5.99. The van der Waals surface area contributed by atoms with Crippen LogP contribution in [0.2, 0.25) is 0 Å². The molecule has 0 bridgehead atoms. The Kier molecular flexibility index (Phi) is 5.00. The minimum atomic E-state index is -1.09. The molecule has 1 aromatic carbocycles. The first kappa shape index (κ1) is 16.5. The summed E-state index contributed by atoms with van der Waals surface area (Å²) in [5.41, 5.74) is 1.05. The number of carbonyl (C=O) groups excluding carboxylic acids is 3. The van der Waals surface area contributed by atoms with Crippen LogP contribution >= 0.6 is 0 Å². The second kappa shape index (κ2) is 6.95. The molecule has 23 heavy (non-hydrogen) atoms. The lowest BCUT2D eigenvalue weighted by Crippen LogP contribution is -2.46. The number of ether oxygens (including phenoxy) is 1. The summed E-state index contributed by atoms with van der Waals surface area (Å²) in [7, 11) is 0. The third-order valence-electron chi connectivity index (χ3n) is 3.06. The molecule has 1 heterocycles. The summed E-state index contributed by atoms with van der Waals surface area (Å²) in [6, 6.07) is 8.30. The second-order valence-electron chi connectivity index (χ2n) is 5.44. The Morgan fingerprint density at radius 2 is 1.83 bits per heavy atom. The zero-order valence-electron chi connectivity index (χ0n) is 13.2. The predicted octanol–water partition coefficient (Wildman–Crippen LogP) is 1.95. The van der Waals surface area contributed by atoms with Crippen molar-refractivity contribution in [2.45, 2.75) is 32.9 Å². The van der Waals surface area contributed by atoms with E-state index in [0.29, 0.717) is 0 Å². The van der Waals surface area contributed by atoms with Gasteiger partial charge in [-0.25, -0.2) is 9.59 Å². The van der Waals surface area contributed by atoms with Crippen molar-refractivity contribution in [2.75, 3.05) is 0 Å². The lowest BCUT2D eigenvalue weighted by atomic mass is 10.2. The van der Waals surface area contributed by atoms with Crippen LogP contribution in [0.5, 0.6) is 0 Å². The van der Waals surface area contributed by atoms with Crippen LogP contribution < -0.4 is 10.6 Å². The maximum atomic E-state index is 12.1. The van der Waals surface area contributed by atoms with E-state index in [1.165, 1.54) is 6.92 Å². The minimum absolute atomic E-state index is 0.105. The summed E-state index contributed by atoms with van der Waals surface area (Å²) < 4.78 is 5.07. The number of carbonyl (C=O) groups is 3. The molecule has 0 aliphatic carbocycles. The molecule has 7 heteroatoms. The average Bonchev–Trinajstić information content (AvgIpc) is 2.90. The number of aromatic nitrogens is 1. The van der Waals surface area contributed by atoms with E-state index in [-0.39, 0.29) is 11.7 Å². The molecule has 1 aromatic heterocycles. The zero-order chi connectivity index (χ0) is 17.0. The van der Waals surface area contributed by atoms with Gasteiger partial charge in [0.25, 0.3) is 5.91 Å². The molecule has 7 nitrogen and oxygen atoms in total. The van der Waals surface area contributed by atoms with Gasteiger partial charge in [0.1, 0.15) is 5.69 Å². The molecule has 0 aliphatic rings. The Labute approximate surface area is 133 Å². The van der Waals surface area contributed by atoms with E-state index in [1.807, 2.05) is 24.3 Å². The van der Waals surface area contributed by atoms with Gasteiger partial charge in [-0.1, -0.05) is 18.2 Å². The summed E-state index contributed by atoms with van der Waals surface area (Å²) in [4.78, 5) is 38.2. The Balaban J connectivity index is 1.96. The van der Waals surface area contributed by atoms with Crippen LogP contribution in [-0.2, 0) is 9.53 Å². The highest BCUT2D eigenvalue weighted by Crippen LogP contribution is 2.15. The monoisotopic (exact) mass is 317 g/mol. The summed E-state index contributed by atoms with van der Waals surface area (Å²) in [5, 5.41) is 5.50. The number of hydrogen-bond donors (Lipinski definition) is 3. The van der Waals surface area contributed by atoms with Crippen LogP contribution in [0.1, 0.15) is 31.3 Å². The number of fused-ring (bicyclic) bond motifs is 1. The first-order chi connectivity index (χ1) is 10.9. The first-order valence-corrected chi connectivity index (χ1v) is 7.27. The van der Waals surface area contributed by atoms with E-state index < -0.39 is 24.0 Å².